The molecule has 1 amide bonds. The minimum absolute atomic E-state index is 0.129. The van der Waals surface area contributed by atoms with Crippen molar-refractivity contribution < 1.29 is 4.79 Å². The average Bonchev–Trinajstić information content (AvgIpc) is 2.86. The normalized spacial score (nSPS) is 29.8. The molecule has 1 aromatic carbocycles. The molecule has 3 N–H and O–H groups in total. The van der Waals surface area contributed by atoms with Crippen LogP contribution in [0.15, 0.2) is 24.3 Å². The van der Waals surface area contributed by atoms with Crippen LogP contribution in [0.5, 0.6) is 0 Å². The second-order valence-corrected chi connectivity index (χ2v) is 5.92. The van der Waals surface area contributed by atoms with Crippen LogP contribution in [0.25, 0.3) is 0 Å². The molecule has 1 saturated carbocycles. The van der Waals surface area contributed by atoms with Gasteiger partial charge >= 0.3 is 0 Å². The third kappa shape index (κ3) is 2.66. The summed E-state index contributed by atoms with van der Waals surface area (Å²) >= 11 is 0. The molecule has 3 rings (SSSR count). The Balaban J connectivity index is 1.69. The number of aryl methyl sites for hydroxylation is 1. The maximum Gasteiger partial charge on any atom is 0.223 e. The Morgan fingerprint density at radius 1 is 1.21 bits per heavy atom. The third-order valence-electron chi connectivity index (χ3n) is 4.53. The molecule has 1 aromatic rings. The van der Waals surface area contributed by atoms with Crippen molar-refractivity contribution in [1.29, 1.82) is 0 Å². The zero-order valence-corrected chi connectivity index (χ0v) is 11.3. The highest BCUT2D eigenvalue weighted by atomic mass is 16.1. The van der Waals surface area contributed by atoms with Gasteiger partial charge in [0.25, 0.3) is 0 Å². The summed E-state index contributed by atoms with van der Waals surface area (Å²) in [6.45, 7) is 0. The van der Waals surface area contributed by atoms with Crippen molar-refractivity contribution in [3.05, 3.63) is 35.4 Å². The highest BCUT2D eigenvalue weighted by molar-refractivity contribution is 5.79. The van der Waals surface area contributed by atoms with Crippen molar-refractivity contribution >= 4 is 5.91 Å². The highest BCUT2D eigenvalue weighted by Gasteiger charge is 2.30. The number of fused-ring (bicyclic) bond motifs is 1. The summed E-state index contributed by atoms with van der Waals surface area (Å²) in [6, 6.07) is 8.90. The van der Waals surface area contributed by atoms with Crippen LogP contribution in [0.3, 0.4) is 0 Å². The number of benzene rings is 1. The van der Waals surface area contributed by atoms with Crippen LogP contribution in [-0.4, -0.2) is 11.9 Å². The average molecular weight is 258 g/mol. The molecule has 19 heavy (non-hydrogen) atoms. The van der Waals surface area contributed by atoms with Crippen molar-refractivity contribution in [1.82, 2.24) is 5.32 Å². The maximum absolute atomic E-state index is 12.3. The number of hydrogen-bond acceptors (Lipinski definition) is 2. The van der Waals surface area contributed by atoms with Gasteiger partial charge in [-0.15, -0.1) is 0 Å². The molecule has 2 aliphatic rings. The molecule has 2 aliphatic carbocycles. The molecular weight excluding hydrogens is 236 g/mol. The van der Waals surface area contributed by atoms with Crippen molar-refractivity contribution in [2.75, 3.05) is 0 Å². The van der Waals surface area contributed by atoms with Crippen molar-refractivity contribution in [3.8, 4) is 0 Å². The van der Waals surface area contributed by atoms with Crippen molar-refractivity contribution in [2.24, 2.45) is 11.7 Å². The van der Waals surface area contributed by atoms with Gasteiger partial charge in [0, 0.05) is 12.0 Å². The molecular formula is C16H22N2O. The Kier molecular flexibility index (Phi) is 3.56. The van der Waals surface area contributed by atoms with E-state index in [2.05, 4.69) is 29.6 Å². The van der Waals surface area contributed by atoms with E-state index >= 15 is 0 Å². The lowest BCUT2D eigenvalue weighted by atomic mass is 9.87. The lowest BCUT2D eigenvalue weighted by Gasteiger charge is -2.27. The fourth-order valence-electron chi connectivity index (χ4n) is 3.45. The molecule has 0 saturated heterocycles. The van der Waals surface area contributed by atoms with E-state index in [-0.39, 0.29) is 23.9 Å². The first kappa shape index (κ1) is 12.7. The minimum atomic E-state index is 0.129. The van der Waals surface area contributed by atoms with E-state index in [9.17, 15) is 4.79 Å². The quantitative estimate of drug-likeness (QED) is 0.855. The van der Waals surface area contributed by atoms with E-state index in [1.807, 2.05) is 0 Å². The van der Waals surface area contributed by atoms with Crippen molar-refractivity contribution in [3.63, 3.8) is 0 Å². The minimum Gasteiger partial charge on any atom is -0.349 e. The molecule has 3 nitrogen and oxygen atoms in total. The van der Waals surface area contributed by atoms with Gasteiger partial charge in [0.2, 0.25) is 5.91 Å². The number of nitrogens with one attached hydrogen (secondary N) is 1. The van der Waals surface area contributed by atoms with Crippen LogP contribution in [0.4, 0.5) is 0 Å². The van der Waals surface area contributed by atoms with Gasteiger partial charge < -0.3 is 11.1 Å². The van der Waals surface area contributed by atoms with E-state index in [0.717, 1.165) is 38.5 Å². The highest BCUT2D eigenvalue weighted by Crippen LogP contribution is 2.31. The molecule has 0 radical (unpaired) electrons. The topological polar surface area (TPSA) is 55.1 Å². The summed E-state index contributed by atoms with van der Waals surface area (Å²) in [6.07, 6.45) is 6.13. The Morgan fingerprint density at radius 2 is 2.05 bits per heavy atom. The third-order valence-corrected chi connectivity index (χ3v) is 4.53. The monoisotopic (exact) mass is 258 g/mol. The molecule has 3 unspecified atom stereocenters. The lowest BCUT2D eigenvalue weighted by molar-refractivity contribution is -0.125. The Bertz CT molecular complexity index is 472. The summed E-state index contributed by atoms with van der Waals surface area (Å²) in [4.78, 5) is 12.3. The van der Waals surface area contributed by atoms with Gasteiger partial charge in [-0.2, -0.15) is 0 Å². The Hall–Kier alpha value is -1.35. The van der Waals surface area contributed by atoms with Crippen LogP contribution in [0.1, 0.15) is 49.3 Å². The van der Waals surface area contributed by atoms with E-state index in [1.54, 1.807) is 0 Å². The van der Waals surface area contributed by atoms with Gasteiger partial charge in [-0.3, -0.25) is 4.79 Å². The number of amides is 1. The molecule has 0 aliphatic heterocycles. The second-order valence-electron chi connectivity index (χ2n) is 5.92. The molecule has 102 valence electrons. The summed E-state index contributed by atoms with van der Waals surface area (Å²) in [5.74, 6) is 0.332. The molecule has 1 fully saturated rings. The SMILES string of the molecule is NC1CCC(C(=O)NC2CCCc3ccccc32)C1. The summed E-state index contributed by atoms with van der Waals surface area (Å²) in [7, 11) is 0. The van der Waals surface area contributed by atoms with Crippen LogP contribution in [0, 0.1) is 5.92 Å². The fourth-order valence-corrected chi connectivity index (χ4v) is 3.45. The standard InChI is InChI=1S/C16H22N2O/c17-13-9-8-12(10-13)16(19)18-15-7-3-5-11-4-1-2-6-14(11)15/h1-2,4,6,12-13,15H,3,5,7-10,17H2,(H,18,19). The molecule has 0 bridgehead atoms. The van der Waals surface area contributed by atoms with E-state index < -0.39 is 0 Å². The smallest absolute Gasteiger partial charge is 0.223 e. The molecule has 0 heterocycles. The first-order valence-corrected chi connectivity index (χ1v) is 7.38. The number of nitrogens with two attached hydrogens (primary N) is 1. The molecule has 3 atom stereocenters. The number of carbonyl (C=O) groups is 1. The first-order valence-electron chi connectivity index (χ1n) is 7.38. The summed E-state index contributed by atoms with van der Waals surface area (Å²) in [5, 5.41) is 3.24. The van der Waals surface area contributed by atoms with Gasteiger partial charge in [0.15, 0.2) is 0 Å². The Labute approximate surface area is 114 Å². The van der Waals surface area contributed by atoms with Crippen LogP contribution >= 0.6 is 0 Å². The van der Waals surface area contributed by atoms with Crippen LogP contribution < -0.4 is 11.1 Å². The zero-order valence-electron chi connectivity index (χ0n) is 11.3. The second kappa shape index (κ2) is 5.33. The van der Waals surface area contributed by atoms with Gasteiger partial charge in [-0.25, -0.2) is 0 Å². The van der Waals surface area contributed by atoms with Gasteiger partial charge in [0.1, 0.15) is 0 Å². The summed E-state index contributed by atoms with van der Waals surface area (Å²) in [5.41, 5.74) is 8.59. The largest absolute Gasteiger partial charge is 0.349 e. The maximum atomic E-state index is 12.3. The zero-order chi connectivity index (χ0) is 13.2. The number of rotatable bonds is 2. The Morgan fingerprint density at radius 3 is 2.84 bits per heavy atom. The predicted octanol–water partition coefficient (Wildman–Crippen LogP) is 2.31. The number of hydrogen-bond donors (Lipinski definition) is 2. The molecule has 3 heteroatoms. The molecule has 0 spiro atoms. The molecule has 0 aromatic heterocycles. The van der Waals surface area contributed by atoms with E-state index in [0.29, 0.717) is 0 Å². The van der Waals surface area contributed by atoms with Crippen LogP contribution in [0.2, 0.25) is 0 Å². The predicted molar refractivity (Wildman–Crippen MR) is 75.6 cm³/mol. The van der Waals surface area contributed by atoms with E-state index in [1.165, 1.54) is 11.1 Å². The van der Waals surface area contributed by atoms with Gasteiger partial charge in [-0.05, 0) is 49.7 Å². The first-order chi connectivity index (χ1) is 9.24. The van der Waals surface area contributed by atoms with Crippen LogP contribution in [-0.2, 0) is 11.2 Å². The fraction of sp³-hybridized carbons (Fsp3) is 0.562. The van der Waals surface area contributed by atoms with Gasteiger partial charge in [-0.1, -0.05) is 24.3 Å². The summed E-state index contributed by atoms with van der Waals surface area (Å²) < 4.78 is 0. The van der Waals surface area contributed by atoms with E-state index in [4.69, 9.17) is 5.73 Å². The number of carbonyl (C=O) groups excluding carboxylic acids is 1. The van der Waals surface area contributed by atoms with Crippen molar-refractivity contribution in [2.45, 2.75) is 50.6 Å². The lowest BCUT2D eigenvalue weighted by Crippen LogP contribution is -2.35. The van der Waals surface area contributed by atoms with Gasteiger partial charge in [0.05, 0.1) is 6.04 Å².